The fraction of sp³-hybridized carbons (Fsp3) is 0.231. The zero-order valence-corrected chi connectivity index (χ0v) is 13.0. The van der Waals surface area contributed by atoms with Crippen LogP contribution in [-0.4, -0.2) is 38.0 Å². The van der Waals surface area contributed by atoms with Crippen LogP contribution < -0.4 is 0 Å². The van der Waals surface area contributed by atoms with Crippen LogP contribution in [0, 0.1) is 0 Å². The highest BCUT2D eigenvalue weighted by molar-refractivity contribution is 9.10. The summed E-state index contributed by atoms with van der Waals surface area (Å²) in [6.45, 7) is 0.776. The van der Waals surface area contributed by atoms with E-state index in [9.17, 15) is 4.79 Å². The van der Waals surface area contributed by atoms with E-state index < -0.39 is 0 Å². The molecule has 3 aromatic rings. The zero-order valence-electron chi connectivity index (χ0n) is 11.4. The molecule has 0 saturated carbocycles. The van der Waals surface area contributed by atoms with Crippen molar-refractivity contribution in [2.24, 2.45) is 0 Å². The Labute approximate surface area is 133 Å². The maximum absolute atomic E-state index is 12.6. The van der Waals surface area contributed by atoms with Gasteiger partial charge in [-0.15, -0.1) is 10.2 Å². The summed E-state index contributed by atoms with van der Waals surface area (Å²) in [5.41, 5.74) is 0.458. The number of amides is 1. The van der Waals surface area contributed by atoms with Crippen molar-refractivity contribution in [3.63, 3.8) is 0 Å². The molecule has 0 aromatic carbocycles. The Morgan fingerprint density at radius 1 is 1.32 bits per heavy atom. The molecule has 0 aliphatic rings. The number of hydrogen-bond acceptors (Lipinski definition) is 6. The van der Waals surface area contributed by atoms with E-state index >= 15 is 0 Å². The molecular weight excluding hydrogens is 354 g/mol. The SMILES string of the molecule is O=C(c1ccoc1Br)N(CCc1nn[nH]n1)Cc1ccco1. The minimum Gasteiger partial charge on any atom is -0.467 e. The number of aromatic amines is 1. The Bertz CT molecular complexity index is 723. The predicted octanol–water partition coefficient (Wildman–Crippen LogP) is 2.03. The van der Waals surface area contributed by atoms with Crippen LogP contribution in [0.25, 0.3) is 0 Å². The second-order valence-electron chi connectivity index (χ2n) is 4.49. The van der Waals surface area contributed by atoms with Crippen molar-refractivity contribution in [2.75, 3.05) is 6.54 Å². The van der Waals surface area contributed by atoms with Gasteiger partial charge in [0.1, 0.15) is 5.76 Å². The van der Waals surface area contributed by atoms with Gasteiger partial charge in [-0.2, -0.15) is 5.21 Å². The highest BCUT2D eigenvalue weighted by Crippen LogP contribution is 2.20. The van der Waals surface area contributed by atoms with Crippen LogP contribution >= 0.6 is 15.9 Å². The highest BCUT2D eigenvalue weighted by atomic mass is 79.9. The molecule has 0 aliphatic heterocycles. The van der Waals surface area contributed by atoms with E-state index in [1.165, 1.54) is 6.26 Å². The van der Waals surface area contributed by atoms with E-state index in [-0.39, 0.29) is 5.91 Å². The Kier molecular flexibility index (Phi) is 4.33. The van der Waals surface area contributed by atoms with Crippen LogP contribution in [0.4, 0.5) is 0 Å². The van der Waals surface area contributed by atoms with Crippen molar-refractivity contribution in [2.45, 2.75) is 13.0 Å². The van der Waals surface area contributed by atoms with Gasteiger partial charge in [0, 0.05) is 13.0 Å². The number of carbonyl (C=O) groups is 1. The largest absolute Gasteiger partial charge is 0.467 e. The van der Waals surface area contributed by atoms with Crippen molar-refractivity contribution in [1.29, 1.82) is 0 Å². The number of tetrazole rings is 1. The van der Waals surface area contributed by atoms with Crippen molar-refractivity contribution in [1.82, 2.24) is 25.5 Å². The molecule has 22 heavy (non-hydrogen) atoms. The van der Waals surface area contributed by atoms with Crippen LogP contribution in [0.3, 0.4) is 0 Å². The van der Waals surface area contributed by atoms with Crippen molar-refractivity contribution in [3.05, 3.63) is 52.5 Å². The van der Waals surface area contributed by atoms with Crippen molar-refractivity contribution < 1.29 is 13.6 Å². The first-order valence-electron chi connectivity index (χ1n) is 6.51. The summed E-state index contributed by atoms with van der Waals surface area (Å²) in [6, 6.07) is 5.22. The van der Waals surface area contributed by atoms with Crippen molar-refractivity contribution in [3.8, 4) is 0 Å². The maximum Gasteiger partial charge on any atom is 0.258 e. The number of carbonyl (C=O) groups excluding carboxylic acids is 1. The van der Waals surface area contributed by atoms with Gasteiger partial charge >= 0.3 is 0 Å². The fourth-order valence-corrected chi connectivity index (χ4v) is 2.39. The lowest BCUT2D eigenvalue weighted by Crippen LogP contribution is -2.32. The third-order valence-electron chi connectivity index (χ3n) is 3.06. The van der Waals surface area contributed by atoms with Crippen molar-refractivity contribution >= 4 is 21.8 Å². The molecule has 0 unspecified atom stereocenters. The van der Waals surface area contributed by atoms with Gasteiger partial charge in [-0.25, -0.2) is 0 Å². The molecule has 0 aliphatic carbocycles. The van der Waals surface area contributed by atoms with E-state index in [1.54, 1.807) is 23.3 Å². The Balaban J connectivity index is 1.75. The third kappa shape index (κ3) is 3.25. The molecule has 3 aromatic heterocycles. The first-order chi connectivity index (χ1) is 10.7. The normalized spacial score (nSPS) is 10.8. The number of hydrogen-bond donors (Lipinski definition) is 1. The van der Waals surface area contributed by atoms with Gasteiger partial charge < -0.3 is 13.7 Å². The number of furan rings is 2. The van der Waals surface area contributed by atoms with Crippen LogP contribution in [0.2, 0.25) is 0 Å². The summed E-state index contributed by atoms with van der Waals surface area (Å²) >= 11 is 3.23. The fourth-order valence-electron chi connectivity index (χ4n) is 1.98. The first-order valence-corrected chi connectivity index (χ1v) is 7.30. The standard InChI is InChI=1S/C13H12BrN5O3/c14-12-10(4-7-22-12)13(20)19(8-9-2-1-6-21-9)5-3-11-15-17-18-16-11/h1-2,4,6-7H,3,5,8H2,(H,15,16,17,18). The van der Waals surface area contributed by atoms with Gasteiger partial charge in [-0.1, -0.05) is 5.21 Å². The quantitative estimate of drug-likeness (QED) is 0.716. The van der Waals surface area contributed by atoms with E-state index in [4.69, 9.17) is 8.83 Å². The lowest BCUT2D eigenvalue weighted by atomic mass is 10.2. The summed E-state index contributed by atoms with van der Waals surface area (Å²) < 4.78 is 10.9. The molecule has 8 nitrogen and oxygen atoms in total. The molecular formula is C13H12BrN5O3. The van der Waals surface area contributed by atoms with Gasteiger partial charge in [0.25, 0.3) is 5.91 Å². The average molecular weight is 366 g/mol. The number of rotatable bonds is 6. The Morgan fingerprint density at radius 2 is 2.23 bits per heavy atom. The molecule has 9 heteroatoms. The number of halogens is 1. The molecule has 0 spiro atoms. The summed E-state index contributed by atoms with van der Waals surface area (Å²) in [5.74, 6) is 1.07. The molecule has 0 saturated heterocycles. The second kappa shape index (κ2) is 6.56. The molecule has 0 bridgehead atoms. The van der Waals surface area contributed by atoms with Gasteiger partial charge in [0.2, 0.25) is 0 Å². The predicted molar refractivity (Wildman–Crippen MR) is 77.7 cm³/mol. The average Bonchev–Trinajstić information content (AvgIpc) is 3.25. The van der Waals surface area contributed by atoms with Gasteiger partial charge in [0.15, 0.2) is 10.5 Å². The van der Waals surface area contributed by atoms with E-state index in [1.807, 2.05) is 6.07 Å². The molecule has 3 rings (SSSR count). The first kappa shape index (κ1) is 14.5. The minimum absolute atomic E-state index is 0.166. The van der Waals surface area contributed by atoms with E-state index in [0.29, 0.717) is 41.3 Å². The maximum atomic E-state index is 12.6. The van der Waals surface area contributed by atoms with Crippen LogP contribution in [-0.2, 0) is 13.0 Å². The Morgan fingerprint density at radius 3 is 2.86 bits per heavy atom. The number of H-pyrrole nitrogens is 1. The summed E-state index contributed by atoms with van der Waals surface area (Å²) in [5, 5.41) is 13.7. The summed E-state index contributed by atoms with van der Waals surface area (Å²) in [7, 11) is 0. The van der Waals surface area contributed by atoms with Crippen LogP contribution in [0.5, 0.6) is 0 Å². The van der Waals surface area contributed by atoms with Crippen LogP contribution in [0.15, 0.2) is 44.2 Å². The van der Waals surface area contributed by atoms with Gasteiger partial charge in [-0.3, -0.25) is 4.79 Å². The molecule has 0 fully saturated rings. The number of nitrogens with zero attached hydrogens (tertiary/aromatic N) is 4. The van der Waals surface area contributed by atoms with E-state index in [2.05, 4.69) is 36.6 Å². The molecule has 1 N–H and O–H groups in total. The summed E-state index contributed by atoms with van der Waals surface area (Å²) in [4.78, 5) is 14.3. The lowest BCUT2D eigenvalue weighted by Gasteiger charge is -2.20. The second-order valence-corrected chi connectivity index (χ2v) is 5.21. The molecule has 1 amide bonds. The molecule has 3 heterocycles. The number of nitrogens with one attached hydrogen (secondary N) is 1. The third-order valence-corrected chi connectivity index (χ3v) is 3.67. The minimum atomic E-state index is -0.166. The lowest BCUT2D eigenvalue weighted by molar-refractivity contribution is 0.0730. The van der Waals surface area contributed by atoms with Crippen LogP contribution in [0.1, 0.15) is 21.9 Å². The molecule has 0 atom stereocenters. The zero-order chi connectivity index (χ0) is 15.4. The Hall–Kier alpha value is -2.42. The van der Waals surface area contributed by atoms with E-state index in [0.717, 1.165) is 0 Å². The van der Waals surface area contributed by atoms with Gasteiger partial charge in [-0.05, 0) is 34.1 Å². The monoisotopic (exact) mass is 365 g/mol. The highest BCUT2D eigenvalue weighted by Gasteiger charge is 2.21. The number of aromatic nitrogens is 4. The smallest absolute Gasteiger partial charge is 0.258 e. The van der Waals surface area contributed by atoms with Gasteiger partial charge in [0.05, 0.1) is 24.6 Å². The molecule has 114 valence electrons. The summed E-state index contributed by atoms with van der Waals surface area (Å²) in [6.07, 6.45) is 3.52. The topological polar surface area (TPSA) is 101 Å². The molecule has 0 radical (unpaired) electrons.